The van der Waals surface area contributed by atoms with Crippen LogP contribution in [-0.4, -0.2) is 20.0 Å². The van der Waals surface area contributed by atoms with Crippen LogP contribution in [0.4, 0.5) is 0 Å². The van der Waals surface area contributed by atoms with Gasteiger partial charge in [-0.2, -0.15) is 0 Å². The van der Waals surface area contributed by atoms with E-state index < -0.39 is 13.3 Å². The van der Waals surface area contributed by atoms with E-state index in [9.17, 15) is 0 Å². The monoisotopic (exact) mass is 284 g/mol. The van der Waals surface area contributed by atoms with E-state index in [0.717, 1.165) is 22.1 Å². The first-order valence-corrected chi connectivity index (χ1v) is 13.7. The molecular weight excluding hydrogens is 252 g/mol. The van der Waals surface area contributed by atoms with Crippen molar-refractivity contribution < 1.29 is 0 Å². The van der Waals surface area contributed by atoms with Gasteiger partial charge in [0.1, 0.15) is 0 Å². The number of hydrogen-bond acceptors (Lipinski definition) is 0. The molecule has 0 saturated carbocycles. The summed E-state index contributed by atoms with van der Waals surface area (Å²) in [6.07, 6.45) is 3.00. The summed E-state index contributed by atoms with van der Waals surface area (Å²) >= 11 is -1.47. The Bertz CT molecular complexity index is 231. The molecule has 0 aromatic rings. The van der Waals surface area contributed by atoms with Gasteiger partial charge < -0.3 is 0 Å². The Morgan fingerprint density at radius 1 is 1.06 bits per heavy atom. The van der Waals surface area contributed by atoms with Gasteiger partial charge in [0.15, 0.2) is 0 Å². The molecule has 0 amide bonds. The maximum absolute atomic E-state index is 2.65. The molecule has 94 valence electrons. The Morgan fingerprint density at radius 2 is 1.44 bits per heavy atom. The van der Waals surface area contributed by atoms with Crippen molar-refractivity contribution in [1.82, 2.24) is 0 Å². The van der Waals surface area contributed by atoms with E-state index in [-0.39, 0.29) is 0 Å². The van der Waals surface area contributed by atoms with Gasteiger partial charge in [-0.15, -0.1) is 0 Å². The molecule has 0 spiro atoms. The number of hydrogen-bond donors (Lipinski definition) is 0. The van der Waals surface area contributed by atoms with Gasteiger partial charge in [-0.25, -0.2) is 0 Å². The van der Waals surface area contributed by atoms with Crippen molar-refractivity contribution in [3.63, 3.8) is 0 Å². The van der Waals surface area contributed by atoms with Crippen LogP contribution in [0.5, 0.6) is 0 Å². The molecule has 2 heteroatoms. The Hall–Kier alpha value is 0.608. The molecule has 1 aliphatic rings. The van der Waals surface area contributed by atoms with Gasteiger partial charge in [-0.3, -0.25) is 0 Å². The van der Waals surface area contributed by atoms with E-state index in [2.05, 4.69) is 53.1 Å². The van der Waals surface area contributed by atoms with E-state index >= 15 is 0 Å². The first kappa shape index (κ1) is 14.7. The van der Waals surface area contributed by atoms with Crippen molar-refractivity contribution in [1.29, 1.82) is 0 Å². The first-order valence-electron chi connectivity index (χ1n) is 7.10. The normalized spacial score (nSPS) is 30.9. The third-order valence-corrected chi connectivity index (χ3v) is 18.0. The molecule has 16 heavy (non-hydrogen) atoms. The Labute approximate surface area is 106 Å². The van der Waals surface area contributed by atoms with Crippen molar-refractivity contribution >= 4 is 20.0 Å². The van der Waals surface area contributed by atoms with E-state index in [0.29, 0.717) is 5.31 Å². The van der Waals surface area contributed by atoms with Crippen LogP contribution in [0, 0.1) is 5.92 Å². The fourth-order valence-electron chi connectivity index (χ4n) is 3.12. The molecular formula is C14H31BGe. The van der Waals surface area contributed by atoms with E-state index in [1.807, 2.05) is 0 Å². The van der Waals surface area contributed by atoms with Gasteiger partial charge in [-0.05, 0) is 0 Å². The Balaban J connectivity index is 2.83. The van der Waals surface area contributed by atoms with Crippen molar-refractivity contribution in [2.24, 2.45) is 5.92 Å². The van der Waals surface area contributed by atoms with Crippen molar-refractivity contribution in [2.75, 3.05) is 0 Å². The molecule has 0 bridgehead atoms. The predicted molar refractivity (Wildman–Crippen MR) is 80.6 cm³/mol. The molecule has 0 aromatic carbocycles. The SMILES string of the molecule is CC(C)C(C)(C)B1C[C@H](C)[Ge]([CH3])([CH3])[C@@H](C)C1. The molecule has 0 aromatic heterocycles. The molecule has 0 N–H and O–H groups in total. The summed E-state index contributed by atoms with van der Waals surface area (Å²) in [5, 5.41) is 0.529. The van der Waals surface area contributed by atoms with E-state index in [1.165, 1.54) is 12.6 Å². The fourth-order valence-corrected chi connectivity index (χ4v) is 8.90. The van der Waals surface area contributed by atoms with Crippen LogP contribution in [-0.2, 0) is 0 Å². The zero-order chi connectivity index (χ0) is 12.7. The molecule has 1 aliphatic heterocycles. The van der Waals surface area contributed by atoms with Crippen molar-refractivity contribution in [2.45, 2.75) is 80.5 Å². The molecule has 2 atom stereocenters. The van der Waals surface area contributed by atoms with Crippen LogP contribution in [0.3, 0.4) is 0 Å². The Morgan fingerprint density at radius 3 is 1.75 bits per heavy atom. The molecule has 1 fully saturated rings. The van der Waals surface area contributed by atoms with Crippen LogP contribution in [0.1, 0.15) is 41.5 Å². The van der Waals surface area contributed by atoms with Gasteiger partial charge >= 0.3 is 106 Å². The van der Waals surface area contributed by atoms with Crippen LogP contribution >= 0.6 is 0 Å². The molecule has 1 heterocycles. The van der Waals surface area contributed by atoms with Crippen molar-refractivity contribution in [3.05, 3.63) is 0 Å². The number of rotatable bonds is 2. The second-order valence-corrected chi connectivity index (χ2v) is 19.5. The van der Waals surface area contributed by atoms with Gasteiger partial charge in [0.2, 0.25) is 0 Å². The van der Waals surface area contributed by atoms with Crippen molar-refractivity contribution in [3.8, 4) is 0 Å². The third kappa shape index (κ3) is 2.54. The summed E-state index contributed by atoms with van der Waals surface area (Å²) in [5.74, 6) is 6.10. The molecule has 0 radical (unpaired) electrons. The zero-order valence-corrected chi connectivity index (χ0v) is 14.8. The minimum absolute atomic E-state index is 0.529. The average Bonchev–Trinajstić information content (AvgIpc) is 2.13. The van der Waals surface area contributed by atoms with Gasteiger partial charge in [0, 0.05) is 0 Å². The summed E-state index contributed by atoms with van der Waals surface area (Å²) in [4.78, 5) is 0. The van der Waals surface area contributed by atoms with Gasteiger partial charge in [0.25, 0.3) is 0 Å². The summed E-state index contributed by atoms with van der Waals surface area (Å²) < 4.78 is 2.10. The molecule has 1 saturated heterocycles. The zero-order valence-electron chi connectivity index (χ0n) is 12.7. The van der Waals surface area contributed by atoms with Crippen LogP contribution in [0.25, 0.3) is 0 Å². The third-order valence-electron chi connectivity index (χ3n) is 6.36. The molecule has 0 aliphatic carbocycles. The quantitative estimate of drug-likeness (QED) is 0.593. The fraction of sp³-hybridized carbons (Fsp3) is 1.00. The maximum atomic E-state index is 2.65. The second kappa shape index (κ2) is 4.70. The molecule has 0 unspecified atom stereocenters. The predicted octanol–water partition coefficient (Wildman–Crippen LogP) is 5.42. The summed E-state index contributed by atoms with van der Waals surface area (Å²) in [6, 6.07) is 0. The summed E-state index contributed by atoms with van der Waals surface area (Å²) in [5.41, 5.74) is 0. The standard InChI is InChI=1S/C14H31BGe/c1-11(2)14(5,6)15-9-12(3)16(7,8)13(4)10-15/h11-13H,9-10H2,1-8H3/t12-,13-/m0/s1. The molecule has 0 nitrogen and oxygen atoms in total. The second-order valence-electron chi connectivity index (χ2n) is 7.77. The average molecular weight is 283 g/mol. The van der Waals surface area contributed by atoms with Crippen LogP contribution in [0.15, 0.2) is 0 Å². The van der Waals surface area contributed by atoms with Gasteiger partial charge in [0.05, 0.1) is 0 Å². The molecule has 1 rings (SSSR count). The van der Waals surface area contributed by atoms with E-state index in [1.54, 1.807) is 0 Å². The summed E-state index contributed by atoms with van der Waals surface area (Å²) in [6.45, 7) is 15.8. The topological polar surface area (TPSA) is 0 Å². The van der Waals surface area contributed by atoms with Crippen LogP contribution in [0.2, 0.25) is 39.0 Å². The Kier molecular flexibility index (Phi) is 4.31. The first-order chi connectivity index (χ1) is 7.10. The van der Waals surface area contributed by atoms with E-state index in [4.69, 9.17) is 0 Å². The van der Waals surface area contributed by atoms with Crippen LogP contribution < -0.4 is 0 Å². The van der Waals surface area contributed by atoms with Gasteiger partial charge in [-0.1, -0.05) is 0 Å². The minimum atomic E-state index is -1.47. The summed E-state index contributed by atoms with van der Waals surface area (Å²) in [7, 11) is 0.